The van der Waals surface area contributed by atoms with Crippen LogP contribution in [0.3, 0.4) is 0 Å². The van der Waals surface area contributed by atoms with Gasteiger partial charge in [-0.15, -0.1) is 0 Å². The maximum atomic E-state index is 13.7. The summed E-state index contributed by atoms with van der Waals surface area (Å²) in [5.41, 5.74) is 15.2. The lowest BCUT2D eigenvalue weighted by molar-refractivity contribution is -0.891. The second-order valence-electron chi connectivity index (χ2n) is 18.2. The number of allylic oxidation sites excluding steroid dienone is 4. The molecule has 0 bridgehead atoms. The van der Waals surface area contributed by atoms with Crippen molar-refractivity contribution in [2.24, 2.45) is 28.1 Å². The number of nitrogens with zero attached hydrogens (tertiary/aromatic N) is 2. The number of nitrogens with one attached hydrogen (secondary N) is 1. The molecular weight excluding hydrogens is 749 g/mol. The monoisotopic (exact) mass is 844 g/mol. The quantitative estimate of drug-likeness (QED) is 0.00899. The Hall–Kier alpha value is -2.85. The van der Waals surface area contributed by atoms with Crippen molar-refractivity contribution in [2.45, 2.75) is 218 Å². The summed E-state index contributed by atoms with van der Waals surface area (Å²) >= 11 is 0. The van der Waals surface area contributed by atoms with Crippen LogP contribution in [0.25, 0.3) is 0 Å². The molecule has 348 valence electrons. The summed E-state index contributed by atoms with van der Waals surface area (Å²) in [6.07, 6.45) is 43.1. The molecule has 0 rings (SSSR count). The highest BCUT2D eigenvalue weighted by Crippen LogP contribution is 2.19. The number of nitrogens with two attached hydrogens (primary N) is 3. The molecule has 0 saturated carbocycles. The number of carbonyl (C=O) groups is 4. The first-order chi connectivity index (χ1) is 28.9. The minimum atomic E-state index is -1.67. The number of Topliss-reactive ketones (excluding diaryl/α,β-unsaturated/α-hetero) is 2. The van der Waals surface area contributed by atoms with Crippen LogP contribution in [-0.2, 0) is 19.2 Å². The zero-order chi connectivity index (χ0) is 44.6. The van der Waals surface area contributed by atoms with Gasteiger partial charge in [0.2, 0.25) is 5.91 Å². The Morgan fingerprint density at radius 2 is 1.07 bits per heavy atom. The molecular formula is C50H95N6O4+. The second-order valence-corrected chi connectivity index (χ2v) is 18.2. The van der Waals surface area contributed by atoms with E-state index in [0.717, 1.165) is 51.4 Å². The zero-order valence-electron chi connectivity index (χ0n) is 39.5. The molecule has 0 spiro atoms. The van der Waals surface area contributed by atoms with Crippen LogP contribution in [0.15, 0.2) is 29.3 Å². The molecule has 1 amide bonds. The van der Waals surface area contributed by atoms with E-state index in [2.05, 4.69) is 48.5 Å². The van der Waals surface area contributed by atoms with Gasteiger partial charge >= 0.3 is 0 Å². The fourth-order valence-corrected chi connectivity index (χ4v) is 7.75. The summed E-state index contributed by atoms with van der Waals surface area (Å²) in [6.45, 7) is 6.11. The molecule has 10 heteroatoms. The summed E-state index contributed by atoms with van der Waals surface area (Å²) in [7, 11) is 4.04. The van der Waals surface area contributed by atoms with Gasteiger partial charge in [0, 0.05) is 25.8 Å². The minimum Gasteiger partial charge on any atom is -0.370 e. The molecule has 0 aromatic heterocycles. The lowest BCUT2D eigenvalue weighted by Crippen LogP contribution is -2.57. The summed E-state index contributed by atoms with van der Waals surface area (Å²) < 4.78 is 0.451. The molecule has 0 aliphatic heterocycles. The number of guanidine groups is 1. The number of likely N-dealkylation sites (N-methyl/N-ethyl adjacent to an activating group) is 1. The number of carbonyl (C=O) groups excluding carboxylic acids is 4. The molecule has 0 radical (unpaired) electrons. The smallest absolute Gasteiger partial charge is 0.247 e. The molecule has 0 aromatic carbocycles. The predicted molar refractivity (Wildman–Crippen MR) is 255 cm³/mol. The van der Waals surface area contributed by atoms with Crippen LogP contribution in [0.2, 0.25) is 0 Å². The normalized spacial score (nSPS) is 13.4. The van der Waals surface area contributed by atoms with E-state index in [9.17, 15) is 19.2 Å². The number of unbranched alkanes of at least 4 members (excludes halogenated alkanes) is 22. The first-order valence-corrected chi connectivity index (χ1v) is 24.7. The lowest BCUT2D eigenvalue weighted by atomic mass is 9.91. The van der Waals surface area contributed by atoms with E-state index < -0.39 is 11.4 Å². The number of ketones is 2. The molecule has 7 N–H and O–H groups in total. The number of aliphatic imine (C=N–C) groups is 1. The van der Waals surface area contributed by atoms with E-state index in [1.54, 1.807) is 0 Å². The van der Waals surface area contributed by atoms with E-state index in [-0.39, 0.29) is 49.4 Å². The summed E-state index contributed by atoms with van der Waals surface area (Å²) in [5, 5.41) is 2.82. The topological polar surface area (TPSA) is 171 Å². The molecule has 60 heavy (non-hydrogen) atoms. The Kier molecular flexibility index (Phi) is 37.2. The second kappa shape index (κ2) is 39.0. The number of aldehydes is 1. The van der Waals surface area contributed by atoms with Crippen molar-refractivity contribution < 1.29 is 23.7 Å². The largest absolute Gasteiger partial charge is 0.370 e. The van der Waals surface area contributed by atoms with Gasteiger partial charge in [-0.3, -0.25) is 19.4 Å². The van der Waals surface area contributed by atoms with Crippen LogP contribution >= 0.6 is 0 Å². The molecule has 0 aromatic rings. The Morgan fingerprint density at radius 3 is 1.52 bits per heavy atom. The van der Waals surface area contributed by atoms with Gasteiger partial charge in [-0.1, -0.05) is 141 Å². The lowest BCUT2D eigenvalue weighted by Gasteiger charge is -2.33. The average Bonchev–Trinajstić information content (AvgIpc) is 3.21. The van der Waals surface area contributed by atoms with Crippen LogP contribution in [0.1, 0.15) is 213 Å². The molecule has 0 heterocycles. The van der Waals surface area contributed by atoms with Crippen molar-refractivity contribution in [3.8, 4) is 0 Å². The summed E-state index contributed by atoms with van der Waals surface area (Å²) in [4.78, 5) is 55.6. The van der Waals surface area contributed by atoms with E-state index in [4.69, 9.17) is 17.2 Å². The fourth-order valence-electron chi connectivity index (χ4n) is 7.75. The number of amides is 1. The number of hydrogen-bond donors (Lipinski definition) is 4. The molecule has 0 fully saturated rings. The van der Waals surface area contributed by atoms with E-state index in [0.29, 0.717) is 43.1 Å². The molecule has 10 nitrogen and oxygen atoms in total. The number of hydrogen-bond acceptors (Lipinski definition) is 6. The Labute approximate surface area is 368 Å². The third-order valence-electron chi connectivity index (χ3n) is 11.7. The van der Waals surface area contributed by atoms with Gasteiger partial charge in [0.25, 0.3) is 0 Å². The van der Waals surface area contributed by atoms with Crippen LogP contribution in [-0.4, -0.2) is 80.0 Å². The highest BCUT2D eigenvalue weighted by molar-refractivity contribution is 6.01. The Morgan fingerprint density at radius 1 is 0.633 bits per heavy atom. The predicted octanol–water partition coefficient (Wildman–Crippen LogP) is 10.3. The summed E-state index contributed by atoms with van der Waals surface area (Å²) in [6, 6.07) is 0. The van der Waals surface area contributed by atoms with Crippen molar-refractivity contribution in [3.63, 3.8) is 0 Å². The maximum absolute atomic E-state index is 13.7. The van der Waals surface area contributed by atoms with E-state index in [1.807, 2.05) is 14.1 Å². The van der Waals surface area contributed by atoms with Crippen molar-refractivity contribution in [1.29, 1.82) is 0 Å². The zero-order valence-corrected chi connectivity index (χ0v) is 39.5. The first kappa shape index (κ1) is 57.1. The highest BCUT2D eigenvalue weighted by Gasteiger charge is 2.34. The fraction of sp³-hybridized carbons (Fsp3) is 0.820. The van der Waals surface area contributed by atoms with Gasteiger partial charge in [-0.25, -0.2) is 0 Å². The van der Waals surface area contributed by atoms with Crippen LogP contribution in [0, 0.1) is 5.92 Å². The van der Waals surface area contributed by atoms with Gasteiger partial charge in [0.15, 0.2) is 11.5 Å². The molecule has 1 unspecified atom stereocenters. The Bertz CT molecular complexity index is 1180. The van der Waals surface area contributed by atoms with Crippen molar-refractivity contribution in [3.05, 3.63) is 24.3 Å². The van der Waals surface area contributed by atoms with Gasteiger partial charge in [-0.05, 0) is 77.0 Å². The SMILES string of the molecule is CCCCCCCC/C=C\CCCCCCCC(=O)CC(C[N+](C)(C)CCNC(=O)[C@@](N)(C=O)CCCN=C(N)N)C(=O)CCCCCCC/C=C\CCCCCCCC. The standard InChI is InChI=1S/C50H94N6O4/c1-5-7-9-11-13-15-17-19-21-23-25-27-29-31-33-36-46(58)42-45(47(59)37-34-32-30-28-26-24-22-20-18-16-14-12-10-8-6-2)43-56(3,4)41-40-54-48(60)50(53,44-57)38-35-39-55-49(51)52/h19-22,44-45H,5-18,23-43,53H2,1-4H3,(H4-,51,52,54,55,60)/p+1/b21-19-,22-20-/t45?,50-/m0/s1. The third kappa shape index (κ3) is 34.8. The van der Waals surface area contributed by atoms with Gasteiger partial charge in [-0.2, -0.15) is 0 Å². The first-order valence-electron chi connectivity index (χ1n) is 24.7. The number of rotatable bonds is 44. The van der Waals surface area contributed by atoms with E-state index in [1.165, 1.54) is 116 Å². The minimum absolute atomic E-state index is 0.0533. The van der Waals surface area contributed by atoms with E-state index >= 15 is 0 Å². The van der Waals surface area contributed by atoms with Gasteiger partial charge in [0.1, 0.15) is 17.9 Å². The van der Waals surface area contributed by atoms with Crippen molar-refractivity contribution >= 4 is 29.7 Å². The summed E-state index contributed by atoms with van der Waals surface area (Å²) in [5.74, 6) is -0.620. The molecule has 0 aliphatic carbocycles. The average molecular weight is 844 g/mol. The van der Waals surface area contributed by atoms with Crippen LogP contribution < -0.4 is 22.5 Å². The van der Waals surface area contributed by atoms with Crippen molar-refractivity contribution in [2.75, 3.05) is 40.3 Å². The highest BCUT2D eigenvalue weighted by atomic mass is 16.2. The number of quaternary nitrogens is 1. The molecule has 0 aliphatic rings. The Balaban J connectivity index is 4.87. The van der Waals surface area contributed by atoms with Gasteiger partial charge < -0.3 is 31.8 Å². The third-order valence-corrected chi connectivity index (χ3v) is 11.7. The van der Waals surface area contributed by atoms with Crippen LogP contribution in [0.5, 0.6) is 0 Å². The van der Waals surface area contributed by atoms with Gasteiger partial charge in [0.05, 0.1) is 39.6 Å². The van der Waals surface area contributed by atoms with Crippen molar-refractivity contribution in [1.82, 2.24) is 5.32 Å². The van der Waals surface area contributed by atoms with Crippen LogP contribution in [0.4, 0.5) is 0 Å². The maximum Gasteiger partial charge on any atom is 0.247 e. The molecule has 2 atom stereocenters. The molecule has 0 saturated heterocycles.